The van der Waals surface area contributed by atoms with Gasteiger partial charge in [0.15, 0.2) is 0 Å². The van der Waals surface area contributed by atoms with Gasteiger partial charge in [0, 0.05) is 17.4 Å². The number of carbonyl (C=O) groups is 1. The highest BCUT2D eigenvalue weighted by atomic mass is 16.1. The van der Waals surface area contributed by atoms with Crippen LogP contribution in [0.25, 0.3) is 16.8 Å². The van der Waals surface area contributed by atoms with Crippen LogP contribution in [0.2, 0.25) is 0 Å². The fourth-order valence-electron chi connectivity index (χ4n) is 4.57. The number of anilines is 2. The molecule has 0 atom stereocenters. The lowest BCUT2D eigenvalue weighted by Crippen LogP contribution is -2.39. The number of aromatic nitrogens is 5. The molecule has 1 fully saturated rings. The van der Waals surface area contributed by atoms with E-state index in [1.165, 1.54) is 5.56 Å². The smallest absolute Gasteiger partial charge is 0.245 e. The minimum atomic E-state index is -0.267. The van der Waals surface area contributed by atoms with Crippen LogP contribution in [0.4, 0.5) is 11.6 Å². The van der Waals surface area contributed by atoms with Crippen LogP contribution in [-0.2, 0) is 11.3 Å². The summed E-state index contributed by atoms with van der Waals surface area (Å²) in [6.45, 7) is 2.67. The number of rotatable bonds is 8. The minimum absolute atomic E-state index is 0.267. The van der Waals surface area contributed by atoms with E-state index in [0.717, 1.165) is 48.4 Å². The van der Waals surface area contributed by atoms with Gasteiger partial charge < -0.3 is 11.1 Å². The summed E-state index contributed by atoms with van der Waals surface area (Å²) in [7, 11) is 0. The third kappa shape index (κ3) is 5.15. The topological polar surface area (TPSA) is 130 Å². The van der Waals surface area contributed by atoms with Gasteiger partial charge in [0.25, 0.3) is 0 Å². The monoisotopic (exact) mass is 469 g/mol. The normalized spacial score (nSPS) is 14.7. The molecule has 0 saturated carbocycles. The molecule has 1 saturated heterocycles. The van der Waals surface area contributed by atoms with Crippen molar-refractivity contribution < 1.29 is 4.79 Å². The molecule has 35 heavy (non-hydrogen) atoms. The number of benzene rings is 1. The van der Waals surface area contributed by atoms with Crippen LogP contribution < -0.4 is 11.1 Å². The van der Waals surface area contributed by atoms with Gasteiger partial charge in [-0.05, 0) is 61.7 Å². The fourth-order valence-corrected chi connectivity index (χ4v) is 4.57. The zero-order valence-corrected chi connectivity index (χ0v) is 19.3. The summed E-state index contributed by atoms with van der Waals surface area (Å²) in [4.78, 5) is 17.7. The van der Waals surface area contributed by atoms with Gasteiger partial charge in [0.05, 0.1) is 49.2 Å². The highest BCUT2D eigenvalue weighted by Crippen LogP contribution is 2.29. The predicted molar refractivity (Wildman–Crippen MR) is 132 cm³/mol. The van der Waals surface area contributed by atoms with Gasteiger partial charge in [-0.2, -0.15) is 10.4 Å². The Morgan fingerprint density at radius 3 is 2.69 bits per heavy atom. The van der Waals surface area contributed by atoms with E-state index in [0.29, 0.717) is 31.4 Å². The molecule has 10 nitrogen and oxygen atoms in total. The van der Waals surface area contributed by atoms with Crippen LogP contribution in [0, 0.1) is 11.3 Å². The van der Waals surface area contributed by atoms with Crippen molar-refractivity contribution in [1.82, 2.24) is 29.3 Å². The molecular formula is C25H27N9O. The summed E-state index contributed by atoms with van der Waals surface area (Å²) in [6, 6.07) is 14.5. The van der Waals surface area contributed by atoms with Crippen LogP contribution in [0.1, 0.15) is 30.7 Å². The van der Waals surface area contributed by atoms with Crippen LogP contribution in [0.5, 0.6) is 0 Å². The molecule has 10 heteroatoms. The van der Waals surface area contributed by atoms with E-state index < -0.39 is 0 Å². The first-order chi connectivity index (χ1) is 17.1. The highest BCUT2D eigenvalue weighted by Gasteiger charge is 2.21. The third-order valence-electron chi connectivity index (χ3n) is 6.39. The Morgan fingerprint density at radius 2 is 1.94 bits per heavy atom. The SMILES string of the molecule is N#CCCn1cc(-c2ccc3cnc(Nc4ccc(C5CCN(CC(N)=O)CC5)cc4)nn23)cn1. The van der Waals surface area contributed by atoms with Gasteiger partial charge in [-0.15, -0.1) is 5.10 Å². The second kappa shape index (κ2) is 9.95. The summed E-state index contributed by atoms with van der Waals surface area (Å²) in [5.74, 6) is 0.716. The number of nitrogens with zero attached hydrogens (tertiary/aromatic N) is 7. The number of hydrogen-bond acceptors (Lipinski definition) is 7. The van der Waals surface area contributed by atoms with Crippen LogP contribution in [-0.4, -0.2) is 54.8 Å². The minimum Gasteiger partial charge on any atom is -0.369 e. The maximum atomic E-state index is 11.1. The van der Waals surface area contributed by atoms with Crippen LogP contribution >= 0.6 is 0 Å². The molecule has 3 aromatic heterocycles. The molecule has 3 N–H and O–H groups in total. The largest absolute Gasteiger partial charge is 0.369 e. The van der Waals surface area contributed by atoms with Crippen LogP contribution in [0.3, 0.4) is 0 Å². The van der Waals surface area contributed by atoms with Gasteiger partial charge in [0.2, 0.25) is 11.9 Å². The van der Waals surface area contributed by atoms with Crippen molar-refractivity contribution in [3.05, 3.63) is 60.6 Å². The molecule has 1 aromatic carbocycles. The van der Waals surface area contributed by atoms with Crippen molar-refractivity contribution >= 4 is 23.1 Å². The third-order valence-corrected chi connectivity index (χ3v) is 6.39. The molecule has 0 aliphatic carbocycles. The number of nitrogens with one attached hydrogen (secondary N) is 1. The summed E-state index contributed by atoms with van der Waals surface area (Å²) in [5.41, 5.74) is 10.2. The van der Waals surface area contributed by atoms with Gasteiger partial charge in [-0.25, -0.2) is 9.50 Å². The van der Waals surface area contributed by atoms with Gasteiger partial charge in [-0.3, -0.25) is 14.4 Å². The predicted octanol–water partition coefficient (Wildman–Crippen LogP) is 2.91. The molecule has 4 heterocycles. The number of primary amides is 1. The number of carbonyl (C=O) groups excluding carboxylic acids is 1. The van der Waals surface area contributed by atoms with E-state index in [2.05, 4.69) is 55.7 Å². The van der Waals surface area contributed by atoms with Crippen molar-refractivity contribution in [3.63, 3.8) is 0 Å². The van der Waals surface area contributed by atoms with Crippen molar-refractivity contribution in [1.29, 1.82) is 5.26 Å². The molecule has 5 rings (SSSR count). The molecule has 0 radical (unpaired) electrons. The Morgan fingerprint density at radius 1 is 1.14 bits per heavy atom. The first-order valence-electron chi connectivity index (χ1n) is 11.7. The summed E-state index contributed by atoms with van der Waals surface area (Å²) < 4.78 is 3.61. The number of piperidine rings is 1. The molecule has 1 aliphatic heterocycles. The Hall–Kier alpha value is -4.23. The van der Waals surface area contributed by atoms with Crippen molar-refractivity contribution in [2.24, 2.45) is 5.73 Å². The zero-order chi connectivity index (χ0) is 24.2. The van der Waals surface area contributed by atoms with Gasteiger partial charge in [-0.1, -0.05) is 12.1 Å². The summed E-state index contributed by atoms with van der Waals surface area (Å²) >= 11 is 0. The van der Waals surface area contributed by atoms with E-state index >= 15 is 0 Å². The Labute approximate surface area is 203 Å². The Kier molecular flexibility index (Phi) is 6.41. The number of hydrogen-bond donors (Lipinski definition) is 2. The number of fused-ring (bicyclic) bond motifs is 1. The van der Waals surface area contributed by atoms with Crippen molar-refractivity contribution in [2.45, 2.75) is 31.7 Å². The lowest BCUT2D eigenvalue weighted by atomic mass is 9.89. The van der Waals surface area contributed by atoms with E-state index in [-0.39, 0.29) is 5.91 Å². The van der Waals surface area contributed by atoms with Gasteiger partial charge in [0.1, 0.15) is 0 Å². The molecule has 4 aromatic rings. The molecule has 0 bridgehead atoms. The zero-order valence-electron chi connectivity index (χ0n) is 19.3. The first-order valence-corrected chi connectivity index (χ1v) is 11.7. The lowest BCUT2D eigenvalue weighted by Gasteiger charge is -2.31. The second-order valence-corrected chi connectivity index (χ2v) is 8.80. The molecule has 178 valence electrons. The average molecular weight is 470 g/mol. The molecule has 1 amide bonds. The Bertz CT molecular complexity index is 1360. The molecule has 0 spiro atoms. The standard InChI is InChI=1S/C25H27N9O/c26-10-1-11-33-16-20(14-29-33)23-7-6-22-15-28-25(31-34(22)23)30-21-4-2-18(3-5-21)19-8-12-32(13-9-19)17-24(27)35/h2-7,14-16,19H,1,8-9,11-13,17H2,(H2,27,35)(H,30,31). The summed E-state index contributed by atoms with van der Waals surface area (Å²) in [6.07, 6.45) is 7.94. The number of amides is 1. The summed E-state index contributed by atoms with van der Waals surface area (Å²) in [5, 5.41) is 21.1. The van der Waals surface area contributed by atoms with E-state index in [9.17, 15) is 4.79 Å². The highest BCUT2D eigenvalue weighted by molar-refractivity contribution is 5.75. The molecule has 0 unspecified atom stereocenters. The lowest BCUT2D eigenvalue weighted by molar-refractivity contribution is -0.119. The average Bonchev–Trinajstić information content (AvgIpc) is 3.50. The maximum absolute atomic E-state index is 11.1. The Balaban J connectivity index is 1.27. The first kappa shape index (κ1) is 22.6. The number of nitrogens with two attached hydrogens (primary N) is 1. The number of aryl methyl sites for hydroxylation is 1. The number of nitriles is 1. The molecule has 1 aliphatic rings. The molecular weight excluding hydrogens is 442 g/mol. The van der Waals surface area contributed by atoms with Crippen LogP contribution in [0.15, 0.2) is 55.0 Å². The maximum Gasteiger partial charge on any atom is 0.245 e. The number of likely N-dealkylation sites (tertiary alicyclic amines) is 1. The van der Waals surface area contributed by atoms with Gasteiger partial charge >= 0.3 is 0 Å². The van der Waals surface area contributed by atoms with Crippen molar-refractivity contribution in [2.75, 3.05) is 25.0 Å². The van der Waals surface area contributed by atoms with Crippen molar-refractivity contribution in [3.8, 4) is 17.3 Å². The fraction of sp³-hybridized carbons (Fsp3) is 0.320. The van der Waals surface area contributed by atoms with E-state index in [1.54, 1.807) is 17.1 Å². The quantitative estimate of drug-likeness (QED) is 0.406. The van der Waals surface area contributed by atoms with E-state index in [4.69, 9.17) is 11.0 Å². The van der Waals surface area contributed by atoms with E-state index in [1.807, 2.05) is 22.8 Å². The second-order valence-electron chi connectivity index (χ2n) is 8.80.